The fourth-order valence-corrected chi connectivity index (χ4v) is 2.24. The lowest BCUT2D eigenvalue weighted by Gasteiger charge is -2.26. The summed E-state index contributed by atoms with van der Waals surface area (Å²) in [6.07, 6.45) is 4.30. The lowest BCUT2D eigenvalue weighted by atomic mass is 10.1. The molecule has 0 spiro atoms. The summed E-state index contributed by atoms with van der Waals surface area (Å²) in [6, 6.07) is 0. The minimum absolute atomic E-state index is 0.435. The van der Waals surface area contributed by atoms with Crippen LogP contribution in [0.2, 0.25) is 0 Å². The molecule has 0 amide bonds. The van der Waals surface area contributed by atoms with Crippen LogP contribution in [0, 0.1) is 0 Å². The second-order valence-electron chi connectivity index (χ2n) is 2.77. The zero-order chi connectivity index (χ0) is 7.40. The van der Waals surface area contributed by atoms with Gasteiger partial charge < -0.3 is 4.74 Å². The van der Waals surface area contributed by atoms with E-state index in [0.29, 0.717) is 11.5 Å². The first kappa shape index (κ1) is 8.41. The van der Waals surface area contributed by atoms with Gasteiger partial charge in [0, 0.05) is 0 Å². The van der Waals surface area contributed by atoms with Crippen LogP contribution in [0.3, 0.4) is 0 Å². The van der Waals surface area contributed by atoms with Crippen LogP contribution in [0.15, 0.2) is 0 Å². The van der Waals surface area contributed by atoms with Crippen LogP contribution < -0.4 is 0 Å². The van der Waals surface area contributed by atoms with E-state index in [-0.39, 0.29) is 0 Å². The van der Waals surface area contributed by atoms with E-state index in [1.165, 1.54) is 25.0 Å². The Bertz CT molecular complexity index is 93.3. The predicted molar refractivity (Wildman–Crippen MR) is 46.3 cm³/mol. The van der Waals surface area contributed by atoms with Crippen molar-refractivity contribution in [3.63, 3.8) is 0 Å². The van der Waals surface area contributed by atoms with Crippen LogP contribution >= 0.6 is 11.8 Å². The predicted octanol–water partition coefficient (Wildman–Crippen LogP) is 2.65. The summed E-state index contributed by atoms with van der Waals surface area (Å²) in [5.41, 5.74) is 0.435. The highest BCUT2D eigenvalue weighted by molar-refractivity contribution is 7.99. The SMILES string of the molecule is CCC[C@H]1CCS[C@H](C)O1. The van der Waals surface area contributed by atoms with E-state index in [2.05, 4.69) is 13.8 Å². The van der Waals surface area contributed by atoms with Crippen LogP contribution in [0.1, 0.15) is 33.1 Å². The maximum absolute atomic E-state index is 5.69. The molecule has 0 aromatic carbocycles. The van der Waals surface area contributed by atoms with Crippen molar-refractivity contribution in [3.8, 4) is 0 Å². The van der Waals surface area contributed by atoms with Gasteiger partial charge in [-0.3, -0.25) is 0 Å². The molecule has 0 radical (unpaired) electrons. The molecule has 0 N–H and O–H groups in total. The van der Waals surface area contributed by atoms with Gasteiger partial charge in [-0.05, 0) is 25.5 Å². The van der Waals surface area contributed by atoms with E-state index in [1.54, 1.807) is 0 Å². The molecule has 1 rings (SSSR count). The molecule has 1 saturated heterocycles. The third-order valence-electron chi connectivity index (χ3n) is 1.79. The summed E-state index contributed by atoms with van der Waals surface area (Å²) in [6.45, 7) is 4.36. The smallest absolute Gasteiger partial charge is 0.100 e. The van der Waals surface area contributed by atoms with Gasteiger partial charge in [0.1, 0.15) is 5.44 Å². The average Bonchev–Trinajstić information content (AvgIpc) is 1.88. The molecule has 0 aliphatic carbocycles. The highest BCUT2D eigenvalue weighted by Crippen LogP contribution is 2.25. The van der Waals surface area contributed by atoms with E-state index in [1.807, 2.05) is 11.8 Å². The van der Waals surface area contributed by atoms with Crippen molar-refractivity contribution in [1.82, 2.24) is 0 Å². The van der Waals surface area contributed by atoms with Crippen LogP contribution in [-0.4, -0.2) is 17.3 Å². The summed E-state index contributed by atoms with van der Waals surface area (Å²) in [7, 11) is 0. The molecule has 1 fully saturated rings. The van der Waals surface area contributed by atoms with Crippen molar-refractivity contribution < 1.29 is 4.74 Å². The van der Waals surface area contributed by atoms with Crippen molar-refractivity contribution in [2.45, 2.75) is 44.6 Å². The second kappa shape index (κ2) is 4.24. The van der Waals surface area contributed by atoms with Crippen LogP contribution in [-0.2, 0) is 4.74 Å². The Balaban J connectivity index is 2.18. The van der Waals surface area contributed by atoms with Crippen molar-refractivity contribution in [2.75, 3.05) is 5.75 Å². The molecule has 0 bridgehead atoms. The zero-order valence-corrected chi connectivity index (χ0v) is 7.62. The number of ether oxygens (including phenoxy) is 1. The van der Waals surface area contributed by atoms with Crippen molar-refractivity contribution in [1.29, 1.82) is 0 Å². The molecule has 2 atom stereocenters. The summed E-state index contributed by atoms with van der Waals surface area (Å²) in [5.74, 6) is 1.28. The maximum Gasteiger partial charge on any atom is 0.100 e. The minimum Gasteiger partial charge on any atom is -0.365 e. The van der Waals surface area contributed by atoms with E-state index >= 15 is 0 Å². The Morgan fingerprint density at radius 1 is 1.60 bits per heavy atom. The number of hydrogen-bond acceptors (Lipinski definition) is 2. The molecule has 10 heavy (non-hydrogen) atoms. The summed E-state index contributed by atoms with van der Waals surface area (Å²) in [4.78, 5) is 0. The van der Waals surface area contributed by atoms with E-state index in [0.717, 1.165) is 0 Å². The summed E-state index contributed by atoms with van der Waals surface area (Å²) in [5, 5.41) is 0. The summed E-state index contributed by atoms with van der Waals surface area (Å²) < 4.78 is 5.69. The number of rotatable bonds is 2. The Labute approximate surface area is 67.5 Å². The van der Waals surface area contributed by atoms with E-state index < -0.39 is 0 Å². The third kappa shape index (κ3) is 2.51. The molecule has 1 heterocycles. The number of thioether (sulfide) groups is 1. The van der Waals surface area contributed by atoms with Gasteiger partial charge in [-0.2, -0.15) is 0 Å². The first-order chi connectivity index (χ1) is 4.83. The summed E-state index contributed by atoms with van der Waals surface area (Å²) >= 11 is 1.93. The Kier molecular flexibility index (Phi) is 3.57. The molecular formula is C8H16OS. The Morgan fingerprint density at radius 2 is 2.40 bits per heavy atom. The van der Waals surface area contributed by atoms with E-state index in [4.69, 9.17) is 4.74 Å². The monoisotopic (exact) mass is 160 g/mol. The molecule has 1 aliphatic rings. The van der Waals surface area contributed by atoms with Gasteiger partial charge in [0.2, 0.25) is 0 Å². The van der Waals surface area contributed by atoms with Crippen molar-refractivity contribution >= 4 is 11.8 Å². The zero-order valence-electron chi connectivity index (χ0n) is 6.80. The Hall–Kier alpha value is 0.310. The molecule has 1 aliphatic heterocycles. The lowest BCUT2D eigenvalue weighted by Crippen LogP contribution is -2.23. The van der Waals surface area contributed by atoms with Gasteiger partial charge in [0.05, 0.1) is 6.10 Å². The minimum atomic E-state index is 0.435. The van der Waals surface area contributed by atoms with Gasteiger partial charge in [0.25, 0.3) is 0 Å². The molecule has 0 aromatic rings. The first-order valence-corrected chi connectivity index (χ1v) is 5.15. The van der Waals surface area contributed by atoms with Gasteiger partial charge in [0.15, 0.2) is 0 Å². The fourth-order valence-electron chi connectivity index (χ4n) is 1.28. The molecule has 0 saturated carbocycles. The van der Waals surface area contributed by atoms with Gasteiger partial charge >= 0.3 is 0 Å². The van der Waals surface area contributed by atoms with Crippen molar-refractivity contribution in [3.05, 3.63) is 0 Å². The average molecular weight is 160 g/mol. The van der Waals surface area contributed by atoms with Crippen LogP contribution in [0.5, 0.6) is 0 Å². The van der Waals surface area contributed by atoms with Gasteiger partial charge in [-0.15, -0.1) is 11.8 Å². The van der Waals surface area contributed by atoms with Crippen molar-refractivity contribution in [2.24, 2.45) is 0 Å². The number of hydrogen-bond donors (Lipinski definition) is 0. The van der Waals surface area contributed by atoms with Gasteiger partial charge in [-0.1, -0.05) is 13.3 Å². The third-order valence-corrected chi connectivity index (χ3v) is 2.84. The molecule has 2 heteroatoms. The maximum atomic E-state index is 5.69. The fraction of sp³-hybridized carbons (Fsp3) is 1.00. The standard InChI is InChI=1S/C8H16OS/c1-3-4-8-5-6-10-7(2)9-8/h7-8H,3-6H2,1-2H3/t7-,8+/m1/s1. The van der Waals surface area contributed by atoms with E-state index in [9.17, 15) is 0 Å². The van der Waals surface area contributed by atoms with Crippen LogP contribution in [0.4, 0.5) is 0 Å². The van der Waals surface area contributed by atoms with Gasteiger partial charge in [-0.25, -0.2) is 0 Å². The largest absolute Gasteiger partial charge is 0.365 e. The molecule has 60 valence electrons. The normalized spacial score (nSPS) is 34.2. The Morgan fingerprint density at radius 3 is 3.00 bits per heavy atom. The topological polar surface area (TPSA) is 9.23 Å². The highest BCUT2D eigenvalue weighted by Gasteiger charge is 2.17. The second-order valence-corrected chi connectivity index (χ2v) is 4.18. The lowest BCUT2D eigenvalue weighted by molar-refractivity contribution is 0.0289. The highest BCUT2D eigenvalue weighted by atomic mass is 32.2. The molecule has 0 unspecified atom stereocenters. The molecule has 0 aromatic heterocycles. The quantitative estimate of drug-likeness (QED) is 0.614. The first-order valence-electron chi connectivity index (χ1n) is 4.10. The molecule has 1 nitrogen and oxygen atoms in total. The molecular weight excluding hydrogens is 144 g/mol. The van der Waals surface area contributed by atoms with Crippen LogP contribution in [0.25, 0.3) is 0 Å².